The first-order valence-electron chi connectivity index (χ1n) is 7.93. The van der Waals surface area contributed by atoms with Crippen molar-refractivity contribution in [2.45, 2.75) is 13.0 Å². The fourth-order valence-electron chi connectivity index (χ4n) is 2.86. The number of aryl methyl sites for hydroxylation is 1. The molecule has 1 N–H and O–H groups in total. The third-order valence-electron chi connectivity index (χ3n) is 4.11. The summed E-state index contributed by atoms with van der Waals surface area (Å²) in [6.07, 6.45) is 1.37. The Morgan fingerprint density at radius 2 is 2.08 bits per heavy atom. The predicted molar refractivity (Wildman–Crippen MR) is 89.1 cm³/mol. The molecule has 7 nitrogen and oxygen atoms in total. The van der Waals surface area contributed by atoms with Crippen LogP contribution in [-0.4, -0.2) is 53.8 Å². The Morgan fingerprint density at radius 3 is 2.64 bits per heavy atom. The van der Waals surface area contributed by atoms with Crippen LogP contribution in [0.3, 0.4) is 0 Å². The molecular weight excluding hydrogens is 324 g/mol. The van der Waals surface area contributed by atoms with Crippen LogP contribution in [0.2, 0.25) is 0 Å². The van der Waals surface area contributed by atoms with Crippen molar-refractivity contribution >= 4 is 11.7 Å². The second-order valence-corrected chi connectivity index (χ2v) is 6.22. The summed E-state index contributed by atoms with van der Waals surface area (Å²) in [5, 5.41) is 10.4. The second-order valence-electron chi connectivity index (χ2n) is 6.22. The van der Waals surface area contributed by atoms with Crippen LogP contribution in [0.4, 0.5) is 0 Å². The number of hydrogen-bond donors (Lipinski definition) is 1. The lowest BCUT2D eigenvalue weighted by Gasteiger charge is -2.26. The molecule has 0 saturated heterocycles. The number of carbonyl (C=O) groups excluding carboxylic acids is 2. The number of aliphatic hydroxyl groups excluding tert-OH is 1. The van der Waals surface area contributed by atoms with Crippen molar-refractivity contribution in [3.63, 3.8) is 0 Å². The predicted octanol–water partition coefficient (Wildman–Crippen LogP) is 2.32. The molecule has 25 heavy (non-hydrogen) atoms. The lowest BCUT2D eigenvalue weighted by atomic mass is 10.00. The zero-order valence-electron chi connectivity index (χ0n) is 14.4. The van der Waals surface area contributed by atoms with E-state index in [0.717, 1.165) is 0 Å². The van der Waals surface area contributed by atoms with Gasteiger partial charge in [0.2, 0.25) is 5.78 Å². The topological polar surface area (TPSA) is 87.1 Å². The molecule has 7 heteroatoms. The normalized spacial score (nSPS) is 17.8. The maximum Gasteiger partial charge on any atom is 0.290 e. The first kappa shape index (κ1) is 17.0. The van der Waals surface area contributed by atoms with Gasteiger partial charge in [0.05, 0.1) is 11.8 Å². The Hall–Kier alpha value is -2.80. The van der Waals surface area contributed by atoms with Gasteiger partial charge >= 0.3 is 0 Å². The maximum absolute atomic E-state index is 12.8. The van der Waals surface area contributed by atoms with Gasteiger partial charge in [-0.25, -0.2) is 0 Å². The van der Waals surface area contributed by atoms with Crippen molar-refractivity contribution in [2.75, 3.05) is 27.2 Å². The van der Waals surface area contributed by atoms with E-state index in [9.17, 15) is 14.7 Å². The fourth-order valence-corrected chi connectivity index (χ4v) is 2.86. The van der Waals surface area contributed by atoms with Crippen molar-refractivity contribution in [3.05, 3.63) is 59.1 Å². The molecule has 1 aliphatic heterocycles. The summed E-state index contributed by atoms with van der Waals surface area (Å²) in [6, 6.07) is 5.77. The third-order valence-corrected chi connectivity index (χ3v) is 4.11. The Morgan fingerprint density at radius 1 is 1.32 bits per heavy atom. The van der Waals surface area contributed by atoms with Gasteiger partial charge in [-0.3, -0.25) is 9.59 Å². The number of aliphatic hydroxyl groups is 1. The maximum atomic E-state index is 12.8. The van der Waals surface area contributed by atoms with Gasteiger partial charge in [-0.05, 0) is 45.3 Å². The van der Waals surface area contributed by atoms with Gasteiger partial charge in [0, 0.05) is 13.1 Å². The average Bonchev–Trinajstić information content (AvgIpc) is 3.27. The third kappa shape index (κ3) is 3.10. The Balaban J connectivity index is 2.03. The molecule has 2 aromatic rings. The van der Waals surface area contributed by atoms with Crippen molar-refractivity contribution in [1.82, 2.24) is 9.80 Å². The molecule has 0 aromatic carbocycles. The SMILES string of the molecule is Cc1ccc([C@@H]2C(C(=O)c3ccco3)=C(O)C(=O)N2CCN(C)C)o1. The molecule has 3 heterocycles. The number of nitrogens with zero attached hydrogens (tertiary/aromatic N) is 2. The van der Waals surface area contributed by atoms with E-state index in [1.165, 1.54) is 17.2 Å². The summed E-state index contributed by atoms with van der Waals surface area (Å²) in [7, 11) is 3.77. The highest BCUT2D eigenvalue weighted by molar-refractivity contribution is 6.14. The molecule has 132 valence electrons. The van der Waals surface area contributed by atoms with E-state index in [-0.39, 0.29) is 11.3 Å². The molecule has 1 atom stereocenters. The highest BCUT2D eigenvalue weighted by Crippen LogP contribution is 2.39. The Labute approximate surface area is 145 Å². The van der Waals surface area contributed by atoms with E-state index < -0.39 is 23.5 Å². The van der Waals surface area contributed by atoms with Gasteiger partial charge in [0.25, 0.3) is 5.91 Å². The molecule has 2 aromatic heterocycles. The van der Waals surface area contributed by atoms with Crippen molar-refractivity contribution < 1.29 is 23.5 Å². The summed E-state index contributed by atoms with van der Waals surface area (Å²) in [4.78, 5) is 28.7. The van der Waals surface area contributed by atoms with Crippen LogP contribution in [0.5, 0.6) is 0 Å². The minimum Gasteiger partial charge on any atom is -0.503 e. The van der Waals surface area contributed by atoms with E-state index in [2.05, 4.69) is 0 Å². The molecule has 0 spiro atoms. The second kappa shape index (κ2) is 6.60. The van der Waals surface area contributed by atoms with E-state index in [0.29, 0.717) is 24.6 Å². The van der Waals surface area contributed by atoms with Crippen molar-refractivity contribution in [1.29, 1.82) is 0 Å². The minimum absolute atomic E-state index is 0.0203. The molecular formula is C18H20N2O5. The number of hydrogen-bond acceptors (Lipinski definition) is 6. The summed E-state index contributed by atoms with van der Waals surface area (Å²) < 4.78 is 10.8. The Bertz CT molecular complexity index is 816. The van der Waals surface area contributed by atoms with Gasteiger partial charge < -0.3 is 23.7 Å². The quantitative estimate of drug-likeness (QED) is 0.809. The lowest BCUT2D eigenvalue weighted by molar-refractivity contribution is -0.129. The fraction of sp³-hybridized carbons (Fsp3) is 0.333. The lowest BCUT2D eigenvalue weighted by Crippen LogP contribution is -2.36. The van der Waals surface area contributed by atoms with Gasteiger partial charge in [-0.15, -0.1) is 0 Å². The van der Waals surface area contributed by atoms with Gasteiger partial charge in [0.1, 0.15) is 17.6 Å². The van der Waals surface area contributed by atoms with Crippen LogP contribution < -0.4 is 0 Å². The first-order valence-corrected chi connectivity index (χ1v) is 7.93. The van der Waals surface area contributed by atoms with E-state index in [1.54, 1.807) is 25.1 Å². The van der Waals surface area contributed by atoms with Crippen LogP contribution in [0, 0.1) is 6.92 Å². The van der Waals surface area contributed by atoms with Crippen molar-refractivity contribution in [2.24, 2.45) is 0 Å². The van der Waals surface area contributed by atoms with Crippen LogP contribution >= 0.6 is 0 Å². The summed E-state index contributed by atoms with van der Waals surface area (Å²) in [6.45, 7) is 2.70. The van der Waals surface area contributed by atoms with E-state index in [4.69, 9.17) is 8.83 Å². The first-order chi connectivity index (χ1) is 11.9. The molecule has 1 amide bonds. The average molecular weight is 344 g/mol. The summed E-state index contributed by atoms with van der Waals surface area (Å²) in [5.74, 6) is -0.510. The number of rotatable bonds is 6. The van der Waals surface area contributed by atoms with Gasteiger partial charge in [0.15, 0.2) is 11.5 Å². The zero-order valence-corrected chi connectivity index (χ0v) is 14.4. The number of Topliss-reactive ketones (excluding diaryl/α,β-unsaturated/α-hetero) is 1. The van der Waals surface area contributed by atoms with Gasteiger partial charge in [-0.2, -0.15) is 0 Å². The van der Waals surface area contributed by atoms with Crippen molar-refractivity contribution in [3.8, 4) is 0 Å². The summed E-state index contributed by atoms with van der Waals surface area (Å²) >= 11 is 0. The number of likely N-dealkylation sites (N-methyl/N-ethyl adjacent to an activating group) is 1. The minimum atomic E-state index is -0.779. The van der Waals surface area contributed by atoms with Crippen LogP contribution in [-0.2, 0) is 4.79 Å². The molecule has 3 rings (SSSR count). The van der Waals surface area contributed by atoms with E-state index >= 15 is 0 Å². The molecule has 0 unspecified atom stereocenters. The monoisotopic (exact) mass is 344 g/mol. The molecule has 0 fully saturated rings. The zero-order chi connectivity index (χ0) is 18.1. The van der Waals surface area contributed by atoms with Crippen LogP contribution in [0.25, 0.3) is 0 Å². The van der Waals surface area contributed by atoms with Crippen LogP contribution in [0.1, 0.15) is 28.1 Å². The van der Waals surface area contributed by atoms with Gasteiger partial charge in [-0.1, -0.05) is 0 Å². The Kier molecular flexibility index (Phi) is 4.50. The molecule has 1 aliphatic rings. The highest BCUT2D eigenvalue weighted by Gasteiger charge is 2.45. The number of amides is 1. The molecule has 0 aliphatic carbocycles. The molecule has 0 bridgehead atoms. The molecule has 0 saturated carbocycles. The molecule has 0 radical (unpaired) electrons. The largest absolute Gasteiger partial charge is 0.503 e. The number of ketones is 1. The van der Waals surface area contributed by atoms with Crippen LogP contribution in [0.15, 0.2) is 50.7 Å². The summed E-state index contributed by atoms with van der Waals surface area (Å²) in [5.41, 5.74) is -0.0203. The number of carbonyl (C=O) groups is 2. The standard InChI is InChI=1S/C18H20N2O5/c1-11-6-7-12(25-11)15-14(16(21)13-5-4-10-24-13)17(22)18(23)20(15)9-8-19(2)3/h4-7,10,15,22H,8-9H2,1-3H3/t15-/m1/s1. The number of furan rings is 2. The van der Waals surface area contributed by atoms with E-state index in [1.807, 2.05) is 19.0 Å². The smallest absolute Gasteiger partial charge is 0.290 e. The highest BCUT2D eigenvalue weighted by atomic mass is 16.3.